The topological polar surface area (TPSA) is 98.2 Å². The minimum atomic E-state index is -0.911. The molecule has 1 unspecified atom stereocenters. The molecule has 0 spiro atoms. The number of aromatic nitrogens is 1. The number of thiazole rings is 1. The predicted octanol–water partition coefficient (Wildman–Crippen LogP) is 4.58. The Hall–Kier alpha value is -3.85. The van der Waals surface area contributed by atoms with E-state index in [1.165, 1.54) is 30.5 Å². The van der Waals surface area contributed by atoms with Crippen LogP contribution in [0.1, 0.15) is 30.5 Å². The molecule has 1 saturated heterocycles. The van der Waals surface area contributed by atoms with Crippen LogP contribution in [-0.2, 0) is 9.59 Å². The lowest BCUT2D eigenvalue weighted by atomic mass is 9.95. The molecule has 1 amide bonds. The van der Waals surface area contributed by atoms with Crippen LogP contribution in [0, 0.1) is 0 Å². The highest BCUT2D eigenvalue weighted by molar-refractivity contribution is 7.14. The van der Waals surface area contributed by atoms with Crippen molar-refractivity contribution >= 4 is 33.9 Å². The van der Waals surface area contributed by atoms with Gasteiger partial charge < -0.3 is 19.3 Å². The van der Waals surface area contributed by atoms with Crippen LogP contribution in [0.2, 0.25) is 0 Å². The van der Waals surface area contributed by atoms with Crippen LogP contribution in [-0.4, -0.2) is 42.6 Å². The molecule has 3 aromatic rings. The monoisotopic (exact) mass is 480 g/mol. The van der Waals surface area contributed by atoms with Gasteiger partial charge in [0.1, 0.15) is 11.5 Å². The zero-order chi connectivity index (χ0) is 24.2. The maximum absolute atomic E-state index is 13.2. The molecule has 34 heavy (non-hydrogen) atoms. The van der Waals surface area contributed by atoms with E-state index in [9.17, 15) is 14.7 Å². The first kappa shape index (κ1) is 23.3. The summed E-state index contributed by atoms with van der Waals surface area (Å²) in [6, 6.07) is 11.0. The minimum Gasteiger partial charge on any atom is -0.507 e. The zero-order valence-electron chi connectivity index (χ0n) is 19.0. The molecule has 1 N–H and O–H groups in total. The maximum Gasteiger partial charge on any atom is 0.301 e. The predicted molar refractivity (Wildman–Crippen MR) is 129 cm³/mol. The van der Waals surface area contributed by atoms with Gasteiger partial charge >= 0.3 is 5.91 Å². The molecule has 1 atom stereocenters. The van der Waals surface area contributed by atoms with Gasteiger partial charge in [0.2, 0.25) is 0 Å². The van der Waals surface area contributed by atoms with Gasteiger partial charge in [0.15, 0.2) is 16.6 Å². The number of amides is 1. The number of ketones is 1. The summed E-state index contributed by atoms with van der Waals surface area (Å²) in [6.45, 7) is 2.51. The Kier molecular flexibility index (Phi) is 6.83. The van der Waals surface area contributed by atoms with Gasteiger partial charge in [-0.3, -0.25) is 14.5 Å². The van der Waals surface area contributed by atoms with Crippen molar-refractivity contribution < 1.29 is 28.9 Å². The summed E-state index contributed by atoms with van der Waals surface area (Å²) in [5.74, 6) is -0.373. The number of benzene rings is 2. The second-order valence-corrected chi connectivity index (χ2v) is 8.35. The number of aliphatic hydroxyl groups is 1. The molecule has 1 aromatic heterocycles. The van der Waals surface area contributed by atoms with E-state index in [0.29, 0.717) is 40.1 Å². The molecule has 0 saturated carbocycles. The van der Waals surface area contributed by atoms with Crippen molar-refractivity contribution in [2.45, 2.75) is 19.4 Å². The maximum atomic E-state index is 13.2. The summed E-state index contributed by atoms with van der Waals surface area (Å²) < 4.78 is 16.4. The molecule has 1 fully saturated rings. The molecule has 2 heterocycles. The first-order valence-corrected chi connectivity index (χ1v) is 11.5. The number of aliphatic hydroxyl groups excluding tert-OH is 1. The molecule has 4 rings (SSSR count). The summed E-state index contributed by atoms with van der Waals surface area (Å²) in [4.78, 5) is 31.9. The van der Waals surface area contributed by atoms with Crippen LogP contribution in [0.5, 0.6) is 17.2 Å². The van der Waals surface area contributed by atoms with Crippen LogP contribution < -0.4 is 19.1 Å². The second kappa shape index (κ2) is 9.96. The van der Waals surface area contributed by atoms with Gasteiger partial charge in [-0.2, -0.15) is 0 Å². The Morgan fingerprint density at radius 3 is 2.59 bits per heavy atom. The third-order valence-corrected chi connectivity index (χ3v) is 6.14. The van der Waals surface area contributed by atoms with E-state index >= 15 is 0 Å². The van der Waals surface area contributed by atoms with E-state index in [1.54, 1.807) is 54.0 Å². The molecule has 2 aromatic carbocycles. The van der Waals surface area contributed by atoms with Crippen LogP contribution >= 0.6 is 11.3 Å². The van der Waals surface area contributed by atoms with Gasteiger partial charge in [0, 0.05) is 17.1 Å². The zero-order valence-corrected chi connectivity index (χ0v) is 19.8. The average Bonchev–Trinajstić information content (AvgIpc) is 3.48. The van der Waals surface area contributed by atoms with Crippen molar-refractivity contribution in [2.24, 2.45) is 0 Å². The van der Waals surface area contributed by atoms with Crippen LogP contribution in [0.15, 0.2) is 59.6 Å². The van der Waals surface area contributed by atoms with Crippen LogP contribution in [0.4, 0.5) is 5.13 Å². The lowest BCUT2D eigenvalue weighted by Gasteiger charge is -2.23. The van der Waals surface area contributed by atoms with Gasteiger partial charge in [0.05, 0.1) is 32.4 Å². The van der Waals surface area contributed by atoms with E-state index in [4.69, 9.17) is 14.2 Å². The fourth-order valence-electron chi connectivity index (χ4n) is 3.81. The van der Waals surface area contributed by atoms with Crippen molar-refractivity contribution in [1.29, 1.82) is 0 Å². The number of hydrogen-bond acceptors (Lipinski definition) is 8. The number of nitrogens with zero attached hydrogens (tertiary/aromatic N) is 2. The van der Waals surface area contributed by atoms with Gasteiger partial charge in [-0.1, -0.05) is 25.1 Å². The van der Waals surface area contributed by atoms with E-state index in [0.717, 1.165) is 6.42 Å². The molecule has 9 heteroatoms. The van der Waals surface area contributed by atoms with Crippen molar-refractivity contribution in [3.63, 3.8) is 0 Å². The Morgan fingerprint density at radius 2 is 1.91 bits per heavy atom. The average molecular weight is 481 g/mol. The van der Waals surface area contributed by atoms with Gasteiger partial charge in [-0.05, 0) is 36.2 Å². The van der Waals surface area contributed by atoms with Crippen LogP contribution in [0.3, 0.4) is 0 Å². The van der Waals surface area contributed by atoms with E-state index < -0.39 is 17.7 Å². The van der Waals surface area contributed by atoms with Gasteiger partial charge in [-0.25, -0.2) is 4.98 Å². The molecular formula is C25H24N2O6S. The molecule has 0 radical (unpaired) electrons. The number of hydrogen-bond donors (Lipinski definition) is 1. The Morgan fingerprint density at radius 1 is 1.12 bits per heavy atom. The highest BCUT2D eigenvalue weighted by Gasteiger charge is 2.48. The van der Waals surface area contributed by atoms with Crippen LogP contribution in [0.25, 0.3) is 5.76 Å². The lowest BCUT2D eigenvalue weighted by Crippen LogP contribution is -2.29. The molecular weight excluding hydrogens is 456 g/mol. The van der Waals surface area contributed by atoms with Crippen molar-refractivity contribution in [3.8, 4) is 17.2 Å². The fourth-order valence-corrected chi connectivity index (χ4v) is 4.48. The molecule has 0 bridgehead atoms. The Balaban J connectivity index is 1.89. The van der Waals surface area contributed by atoms with Gasteiger partial charge in [-0.15, -0.1) is 11.3 Å². The number of rotatable bonds is 8. The summed E-state index contributed by atoms with van der Waals surface area (Å²) in [5, 5.41) is 13.3. The lowest BCUT2D eigenvalue weighted by molar-refractivity contribution is -0.132. The van der Waals surface area contributed by atoms with E-state index in [2.05, 4.69) is 4.98 Å². The number of Topliss-reactive ketones (excluding diaryl/α,β-unsaturated/α-hetero) is 1. The molecule has 1 aliphatic rings. The largest absolute Gasteiger partial charge is 0.507 e. The first-order chi connectivity index (χ1) is 16.5. The second-order valence-electron chi connectivity index (χ2n) is 7.47. The van der Waals surface area contributed by atoms with E-state index in [-0.39, 0.29) is 11.3 Å². The number of anilines is 1. The van der Waals surface area contributed by atoms with Crippen molar-refractivity contribution in [3.05, 3.63) is 70.7 Å². The van der Waals surface area contributed by atoms with Crippen molar-refractivity contribution in [1.82, 2.24) is 4.98 Å². The number of carbonyl (C=O) groups excluding carboxylic acids is 2. The normalized spacial score (nSPS) is 17.1. The molecule has 176 valence electrons. The highest BCUT2D eigenvalue weighted by Crippen LogP contribution is 2.44. The number of carbonyl (C=O) groups is 2. The SMILES string of the molecule is CCCOc1cccc(/C(O)=C2\C(=O)C(=O)N(c3nccs3)C2c2ccc(OC)c(OC)c2)c1. The molecule has 0 aliphatic carbocycles. The molecule has 8 nitrogen and oxygen atoms in total. The summed E-state index contributed by atoms with van der Waals surface area (Å²) in [6.07, 6.45) is 2.38. The fraction of sp³-hybridized carbons (Fsp3) is 0.240. The third kappa shape index (κ3) is 4.22. The van der Waals surface area contributed by atoms with Gasteiger partial charge in [0.25, 0.3) is 5.78 Å². The summed E-state index contributed by atoms with van der Waals surface area (Å²) >= 11 is 1.22. The quantitative estimate of drug-likeness (QED) is 0.286. The number of methoxy groups -OCH3 is 2. The third-order valence-electron chi connectivity index (χ3n) is 5.37. The Labute approximate surface area is 201 Å². The minimum absolute atomic E-state index is 0.0416. The Bertz CT molecular complexity index is 1240. The standard InChI is InChI=1S/C25H24N2O6S/c1-4-11-33-17-7-5-6-16(13-17)22(28)20-21(15-8-9-18(31-2)19(14-15)32-3)27(24(30)23(20)29)25-26-10-12-34-25/h5-10,12-14,21,28H,4,11H2,1-3H3/b22-20+. The first-order valence-electron chi connectivity index (χ1n) is 10.7. The summed E-state index contributed by atoms with van der Waals surface area (Å²) in [7, 11) is 3.02. The number of ether oxygens (including phenoxy) is 3. The molecule has 1 aliphatic heterocycles. The smallest absolute Gasteiger partial charge is 0.301 e. The highest BCUT2D eigenvalue weighted by atomic mass is 32.1. The summed E-state index contributed by atoms with van der Waals surface area (Å²) in [5.41, 5.74) is 0.892. The van der Waals surface area contributed by atoms with E-state index in [1.807, 2.05) is 6.92 Å². The van der Waals surface area contributed by atoms with Crippen molar-refractivity contribution in [2.75, 3.05) is 25.7 Å².